The van der Waals surface area contributed by atoms with E-state index in [0.717, 1.165) is 11.1 Å². The Morgan fingerprint density at radius 3 is 2.21 bits per heavy atom. The molecular formula is C20H15Cl4N3O. The minimum Gasteiger partial charge on any atom is -0.333 e. The molecule has 0 fully saturated rings. The molecule has 0 saturated carbocycles. The Labute approximate surface area is 183 Å². The minimum absolute atomic E-state index is 0.0126. The lowest BCUT2D eigenvalue weighted by Crippen LogP contribution is -2.33. The van der Waals surface area contributed by atoms with Crippen molar-refractivity contribution in [1.82, 2.24) is 14.9 Å². The molecule has 0 saturated heterocycles. The fourth-order valence-electron chi connectivity index (χ4n) is 2.65. The van der Waals surface area contributed by atoms with Crippen molar-refractivity contribution in [3.8, 4) is 0 Å². The van der Waals surface area contributed by atoms with Crippen LogP contribution in [0.25, 0.3) is 0 Å². The lowest BCUT2D eigenvalue weighted by atomic mass is 10.1. The summed E-state index contributed by atoms with van der Waals surface area (Å²) in [7, 11) is 0. The second kappa shape index (κ2) is 9.57. The van der Waals surface area contributed by atoms with Crippen molar-refractivity contribution in [2.45, 2.75) is 13.0 Å². The van der Waals surface area contributed by atoms with Crippen LogP contribution in [0.5, 0.6) is 0 Å². The topological polar surface area (TPSA) is 46.1 Å². The van der Waals surface area contributed by atoms with Gasteiger partial charge in [-0.05, 0) is 29.7 Å². The zero-order chi connectivity index (χ0) is 20.1. The normalized spacial score (nSPS) is 10.7. The van der Waals surface area contributed by atoms with E-state index in [4.69, 9.17) is 46.4 Å². The molecule has 0 spiro atoms. The van der Waals surface area contributed by atoms with Gasteiger partial charge in [-0.25, -0.2) is 4.98 Å². The first kappa shape index (κ1) is 20.9. The standard InChI is InChI=1S/C20H15Cl4N3O/c21-15-16(22)18(26-19(24)17(15)23)20(28)27(12-14-6-9-25-10-7-14)11-8-13-4-2-1-3-5-13/h1-7,9-10H,8,11-12H2. The molecule has 0 bridgehead atoms. The van der Waals surface area contributed by atoms with Gasteiger partial charge in [0.1, 0.15) is 10.8 Å². The number of aromatic nitrogens is 2. The molecule has 28 heavy (non-hydrogen) atoms. The van der Waals surface area contributed by atoms with Crippen molar-refractivity contribution >= 4 is 52.3 Å². The van der Waals surface area contributed by atoms with Gasteiger partial charge in [0.25, 0.3) is 5.91 Å². The maximum atomic E-state index is 13.2. The van der Waals surface area contributed by atoms with Crippen LogP contribution in [0.2, 0.25) is 20.2 Å². The Kier molecular flexibility index (Phi) is 7.13. The SMILES string of the molecule is O=C(c1nc(Cl)c(Cl)c(Cl)c1Cl)N(CCc1ccccc1)Cc1ccncc1. The highest BCUT2D eigenvalue weighted by Gasteiger charge is 2.24. The molecule has 0 aliphatic rings. The number of rotatable bonds is 6. The fraction of sp³-hybridized carbons (Fsp3) is 0.150. The third-order valence-electron chi connectivity index (χ3n) is 4.11. The molecule has 0 radical (unpaired) electrons. The van der Waals surface area contributed by atoms with E-state index in [1.54, 1.807) is 17.3 Å². The highest BCUT2D eigenvalue weighted by molar-refractivity contribution is 6.52. The molecule has 2 aromatic heterocycles. The second-order valence-corrected chi connectivity index (χ2v) is 7.50. The predicted octanol–water partition coefficient (Wildman–Crippen LogP) is 5.98. The average Bonchev–Trinajstić information content (AvgIpc) is 2.73. The van der Waals surface area contributed by atoms with Crippen LogP contribution in [0, 0.1) is 0 Å². The summed E-state index contributed by atoms with van der Waals surface area (Å²) in [6, 6.07) is 13.6. The summed E-state index contributed by atoms with van der Waals surface area (Å²) in [5, 5.41) is -0.0414. The van der Waals surface area contributed by atoms with Gasteiger partial charge in [-0.2, -0.15) is 0 Å². The first-order valence-electron chi connectivity index (χ1n) is 8.39. The van der Waals surface area contributed by atoms with Crippen molar-refractivity contribution in [2.75, 3.05) is 6.54 Å². The highest BCUT2D eigenvalue weighted by atomic mass is 35.5. The lowest BCUT2D eigenvalue weighted by Gasteiger charge is -2.23. The van der Waals surface area contributed by atoms with E-state index >= 15 is 0 Å². The minimum atomic E-state index is -0.377. The molecule has 1 aromatic carbocycles. The molecule has 0 unspecified atom stereocenters. The van der Waals surface area contributed by atoms with Crippen LogP contribution >= 0.6 is 46.4 Å². The van der Waals surface area contributed by atoms with Gasteiger partial charge < -0.3 is 4.90 Å². The molecule has 4 nitrogen and oxygen atoms in total. The van der Waals surface area contributed by atoms with Gasteiger partial charge in [-0.3, -0.25) is 9.78 Å². The lowest BCUT2D eigenvalue weighted by molar-refractivity contribution is 0.0739. The van der Waals surface area contributed by atoms with Crippen LogP contribution in [0.4, 0.5) is 0 Å². The summed E-state index contributed by atoms with van der Waals surface area (Å²) in [5.41, 5.74) is 2.02. The number of hydrogen-bond acceptors (Lipinski definition) is 3. The van der Waals surface area contributed by atoms with E-state index in [1.807, 2.05) is 42.5 Å². The van der Waals surface area contributed by atoms with Crippen molar-refractivity contribution in [3.05, 3.63) is 91.9 Å². The maximum absolute atomic E-state index is 13.2. The van der Waals surface area contributed by atoms with E-state index in [0.29, 0.717) is 19.5 Å². The first-order valence-corrected chi connectivity index (χ1v) is 9.90. The zero-order valence-electron chi connectivity index (χ0n) is 14.6. The third kappa shape index (κ3) is 4.95. The van der Waals surface area contributed by atoms with E-state index in [-0.39, 0.29) is 31.8 Å². The van der Waals surface area contributed by atoms with Crippen molar-refractivity contribution in [3.63, 3.8) is 0 Å². The Balaban J connectivity index is 1.90. The molecule has 144 valence electrons. The second-order valence-electron chi connectivity index (χ2n) is 6.01. The quantitative estimate of drug-likeness (QED) is 0.430. The van der Waals surface area contributed by atoms with Gasteiger partial charge in [-0.1, -0.05) is 76.7 Å². The number of benzene rings is 1. The molecule has 2 heterocycles. The average molecular weight is 455 g/mol. The van der Waals surface area contributed by atoms with Gasteiger partial charge in [0, 0.05) is 25.5 Å². The molecule has 3 rings (SSSR count). The number of pyridine rings is 2. The molecule has 0 atom stereocenters. The van der Waals surface area contributed by atoms with Crippen LogP contribution in [0.15, 0.2) is 54.9 Å². The Bertz CT molecular complexity index is 968. The van der Waals surface area contributed by atoms with Crippen molar-refractivity contribution in [1.29, 1.82) is 0 Å². The van der Waals surface area contributed by atoms with Crippen molar-refractivity contribution < 1.29 is 4.79 Å². The summed E-state index contributed by atoms with van der Waals surface area (Å²) >= 11 is 24.3. The Morgan fingerprint density at radius 2 is 1.54 bits per heavy atom. The summed E-state index contributed by atoms with van der Waals surface area (Å²) in [6.07, 6.45) is 4.03. The molecule has 1 amide bonds. The van der Waals surface area contributed by atoms with Crippen LogP contribution in [0.3, 0.4) is 0 Å². The monoisotopic (exact) mass is 453 g/mol. The molecule has 0 aliphatic carbocycles. The third-order valence-corrected chi connectivity index (χ3v) is 5.79. The number of amides is 1. The number of carbonyl (C=O) groups excluding carboxylic acids is 1. The van der Waals surface area contributed by atoms with Gasteiger partial charge in [0.05, 0.1) is 15.1 Å². The molecule has 0 N–H and O–H groups in total. The van der Waals surface area contributed by atoms with Crippen molar-refractivity contribution in [2.24, 2.45) is 0 Å². The molecule has 0 aliphatic heterocycles. The molecule has 3 aromatic rings. The van der Waals surface area contributed by atoms with Crippen LogP contribution in [-0.2, 0) is 13.0 Å². The zero-order valence-corrected chi connectivity index (χ0v) is 17.6. The van der Waals surface area contributed by atoms with Crippen LogP contribution in [0.1, 0.15) is 21.6 Å². The van der Waals surface area contributed by atoms with Crippen LogP contribution < -0.4 is 0 Å². The van der Waals surface area contributed by atoms with Gasteiger partial charge >= 0.3 is 0 Å². The highest BCUT2D eigenvalue weighted by Crippen LogP contribution is 2.36. The van der Waals surface area contributed by atoms with Gasteiger partial charge in [-0.15, -0.1) is 0 Å². The Morgan fingerprint density at radius 1 is 0.857 bits per heavy atom. The van der Waals surface area contributed by atoms with Gasteiger partial charge in [0.2, 0.25) is 0 Å². The van der Waals surface area contributed by atoms with E-state index in [1.165, 1.54) is 0 Å². The number of nitrogens with zero attached hydrogens (tertiary/aromatic N) is 3. The smallest absolute Gasteiger partial charge is 0.274 e. The van der Waals surface area contributed by atoms with E-state index in [2.05, 4.69) is 9.97 Å². The van der Waals surface area contributed by atoms with E-state index in [9.17, 15) is 4.79 Å². The fourth-order valence-corrected chi connectivity index (χ4v) is 3.46. The maximum Gasteiger partial charge on any atom is 0.274 e. The largest absolute Gasteiger partial charge is 0.333 e. The van der Waals surface area contributed by atoms with Gasteiger partial charge in [0.15, 0.2) is 0 Å². The van der Waals surface area contributed by atoms with E-state index < -0.39 is 0 Å². The predicted molar refractivity (Wildman–Crippen MR) is 113 cm³/mol. The summed E-state index contributed by atoms with van der Waals surface area (Å²) in [5.74, 6) is -0.377. The Hall–Kier alpha value is -1.85. The molecular weight excluding hydrogens is 440 g/mol. The first-order chi connectivity index (χ1) is 13.5. The molecule has 8 heteroatoms. The number of carbonyl (C=O) groups is 1. The van der Waals surface area contributed by atoms with Crippen LogP contribution in [-0.4, -0.2) is 27.3 Å². The summed E-state index contributed by atoms with van der Waals surface area (Å²) in [6.45, 7) is 0.825. The number of halogens is 4. The summed E-state index contributed by atoms with van der Waals surface area (Å²) < 4.78 is 0. The number of hydrogen-bond donors (Lipinski definition) is 0. The summed E-state index contributed by atoms with van der Waals surface area (Å²) in [4.78, 5) is 22.9.